The molecule has 0 bridgehead atoms. The molecular formula is C16H23N3O3S. The van der Waals surface area contributed by atoms with Gasteiger partial charge in [-0.2, -0.15) is 0 Å². The van der Waals surface area contributed by atoms with Crippen molar-refractivity contribution in [1.29, 1.82) is 0 Å². The minimum Gasteiger partial charge on any atom is -0.441 e. The van der Waals surface area contributed by atoms with Crippen LogP contribution in [0.1, 0.15) is 43.5 Å². The predicted octanol–water partition coefficient (Wildman–Crippen LogP) is 2.87. The minimum absolute atomic E-state index is 0.0241. The average molecular weight is 337 g/mol. The van der Waals surface area contributed by atoms with Crippen LogP contribution in [-0.2, 0) is 4.74 Å². The summed E-state index contributed by atoms with van der Waals surface area (Å²) in [5, 5.41) is 7.90. The van der Waals surface area contributed by atoms with Crippen LogP contribution < -0.4 is 10.6 Å². The first kappa shape index (κ1) is 16.1. The second-order valence-corrected chi connectivity index (χ2v) is 7.20. The molecule has 1 aromatic heterocycles. The van der Waals surface area contributed by atoms with E-state index in [1.54, 1.807) is 11.3 Å². The van der Waals surface area contributed by atoms with Crippen LogP contribution in [0, 0.1) is 0 Å². The maximum Gasteiger partial charge on any atom is 0.407 e. The Morgan fingerprint density at radius 2 is 2.30 bits per heavy atom. The first-order valence-corrected chi connectivity index (χ1v) is 9.05. The molecule has 126 valence electrons. The molecule has 0 unspecified atom stereocenters. The van der Waals surface area contributed by atoms with E-state index in [4.69, 9.17) is 4.74 Å². The Hall–Kier alpha value is -1.76. The summed E-state index contributed by atoms with van der Waals surface area (Å²) in [6.45, 7) is 3.90. The molecule has 0 radical (unpaired) electrons. The molecule has 2 saturated heterocycles. The zero-order chi connectivity index (χ0) is 16.3. The van der Waals surface area contributed by atoms with E-state index in [-0.39, 0.29) is 18.2 Å². The summed E-state index contributed by atoms with van der Waals surface area (Å²) in [6, 6.07) is 4.14. The predicted molar refractivity (Wildman–Crippen MR) is 88.5 cm³/mol. The number of hydrogen-bond donors (Lipinski definition) is 2. The molecule has 3 amide bonds. The molecule has 3 rings (SSSR count). The lowest BCUT2D eigenvalue weighted by Crippen LogP contribution is -2.51. The molecule has 1 spiro atoms. The molecule has 7 heteroatoms. The summed E-state index contributed by atoms with van der Waals surface area (Å²) in [7, 11) is 0. The number of piperidine rings is 1. The van der Waals surface area contributed by atoms with E-state index in [0.29, 0.717) is 32.5 Å². The molecule has 3 heterocycles. The van der Waals surface area contributed by atoms with E-state index in [2.05, 4.69) is 23.6 Å². The summed E-state index contributed by atoms with van der Waals surface area (Å²) >= 11 is 1.68. The fourth-order valence-electron chi connectivity index (χ4n) is 3.20. The lowest BCUT2D eigenvalue weighted by atomic mass is 9.92. The largest absolute Gasteiger partial charge is 0.441 e. The van der Waals surface area contributed by atoms with Crippen LogP contribution in [-0.4, -0.2) is 42.3 Å². The van der Waals surface area contributed by atoms with E-state index < -0.39 is 5.60 Å². The van der Waals surface area contributed by atoms with Gasteiger partial charge in [0.05, 0.1) is 12.6 Å². The van der Waals surface area contributed by atoms with Crippen molar-refractivity contribution in [2.75, 3.05) is 19.6 Å². The van der Waals surface area contributed by atoms with Crippen molar-refractivity contribution < 1.29 is 14.3 Å². The second-order valence-electron chi connectivity index (χ2n) is 6.22. The van der Waals surface area contributed by atoms with Gasteiger partial charge in [0, 0.05) is 30.8 Å². The van der Waals surface area contributed by atoms with Gasteiger partial charge in [-0.3, -0.25) is 0 Å². The molecule has 0 aliphatic carbocycles. The number of urea groups is 1. The van der Waals surface area contributed by atoms with Gasteiger partial charge in [-0.1, -0.05) is 19.4 Å². The molecular weight excluding hydrogens is 314 g/mol. The van der Waals surface area contributed by atoms with Gasteiger partial charge in [-0.15, -0.1) is 11.3 Å². The highest BCUT2D eigenvalue weighted by atomic mass is 32.1. The Bertz CT molecular complexity index is 553. The fourth-order valence-corrected chi connectivity index (χ4v) is 4.01. The van der Waals surface area contributed by atoms with Crippen LogP contribution in [0.4, 0.5) is 9.59 Å². The van der Waals surface area contributed by atoms with E-state index in [1.807, 2.05) is 16.3 Å². The molecule has 6 nitrogen and oxygen atoms in total. The molecule has 1 aromatic rings. The molecule has 2 fully saturated rings. The third-order valence-corrected chi connectivity index (χ3v) is 5.57. The number of likely N-dealkylation sites (tertiary alicyclic amines) is 1. The van der Waals surface area contributed by atoms with Crippen LogP contribution in [0.3, 0.4) is 0 Å². The number of carbonyl (C=O) groups is 2. The van der Waals surface area contributed by atoms with Gasteiger partial charge < -0.3 is 20.3 Å². The highest BCUT2D eigenvalue weighted by molar-refractivity contribution is 7.10. The average Bonchev–Trinajstić information content (AvgIpc) is 3.18. The Balaban J connectivity index is 1.55. The van der Waals surface area contributed by atoms with Crippen LogP contribution in [0.15, 0.2) is 17.5 Å². The SMILES string of the molecule is CCC[C@@H](NC(=O)N1CCC2(CC1)CNC(=O)O2)c1cccs1. The molecule has 2 aliphatic heterocycles. The van der Waals surface area contributed by atoms with Gasteiger partial charge in [0.15, 0.2) is 0 Å². The number of carbonyl (C=O) groups excluding carboxylic acids is 2. The van der Waals surface area contributed by atoms with Crippen LogP contribution in [0.5, 0.6) is 0 Å². The molecule has 2 N–H and O–H groups in total. The summed E-state index contributed by atoms with van der Waals surface area (Å²) < 4.78 is 5.39. The van der Waals surface area contributed by atoms with Crippen LogP contribution in [0.25, 0.3) is 0 Å². The standard InChI is InChI=1S/C16H23N3O3S/c1-2-4-12(13-5-3-10-23-13)18-14(20)19-8-6-16(7-9-19)11-17-15(21)22-16/h3,5,10,12H,2,4,6-9,11H2,1H3,(H,17,21)(H,18,20)/t12-/m1/s1. The van der Waals surface area contributed by atoms with Crippen molar-refractivity contribution in [3.05, 3.63) is 22.4 Å². The highest BCUT2D eigenvalue weighted by Crippen LogP contribution is 2.30. The van der Waals surface area contributed by atoms with Crippen LogP contribution >= 0.6 is 11.3 Å². The number of nitrogens with zero attached hydrogens (tertiary/aromatic N) is 1. The van der Waals surface area contributed by atoms with Gasteiger partial charge in [0.2, 0.25) is 0 Å². The monoisotopic (exact) mass is 337 g/mol. The van der Waals surface area contributed by atoms with Gasteiger partial charge in [0.1, 0.15) is 5.60 Å². The normalized spacial score (nSPS) is 20.9. The Morgan fingerprint density at radius 3 is 2.87 bits per heavy atom. The van der Waals surface area contributed by atoms with E-state index in [1.165, 1.54) is 4.88 Å². The number of ether oxygens (including phenoxy) is 1. The zero-order valence-electron chi connectivity index (χ0n) is 13.3. The first-order valence-electron chi connectivity index (χ1n) is 8.17. The molecule has 0 aromatic carbocycles. The second kappa shape index (κ2) is 6.78. The summed E-state index contributed by atoms with van der Waals surface area (Å²) in [6.07, 6.45) is 3.00. The highest BCUT2D eigenvalue weighted by Gasteiger charge is 2.43. The number of nitrogens with one attached hydrogen (secondary N) is 2. The van der Waals surface area contributed by atoms with Crippen molar-refractivity contribution in [2.45, 2.75) is 44.2 Å². The maximum atomic E-state index is 12.5. The minimum atomic E-state index is -0.412. The van der Waals surface area contributed by atoms with Gasteiger partial charge in [-0.25, -0.2) is 9.59 Å². The molecule has 23 heavy (non-hydrogen) atoms. The number of amides is 3. The number of hydrogen-bond acceptors (Lipinski definition) is 4. The molecule has 0 saturated carbocycles. The fraction of sp³-hybridized carbons (Fsp3) is 0.625. The summed E-state index contributed by atoms with van der Waals surface area (Å²) in [4.78, 5) is 26.8. The van der Waals surface area contributed by atoms with E-state index in [0.717, 1.165) is 12.8 Å². The van der Waals surface area contributed by atoms with Crippen molar-refractivity contribution >= 4 is 23.5 Å². The summed E-state index contributed by atoms with van der Waals surface area (Å²) in [5.74, 6) is 0. The third kappa shape index (κ3) is 3.60. The first-order chi connectivity index (χ1) is 11.1. The van der Waals surface area contributed by atoms with Gasteiger partial charge in [0.25, 0.3) is 0 Å². The number of rotatable bonds is 4. The van der Waals surface area contributed by atoms with Crippen molar-refractivity contribution in [3.8, 4) is 0 Å². The zero-order valence-corrected chi connectivity index (χ0v) is 14.2. The van der Waals surface area contributed by atoms with Gasteiger partial charge >= 0.3 is 12.1 Å². The van der Waals surface area contributed by atoms with Crippen molar-refractivity contribution in [3.63, 3.8) is 0 Å². The maximum absolute atomic E-state index is 12.5. The van der Waals surface area contributed by atoms with Gasteiger partial charge in [-0.05, 0) is 17.9 Å². The summed E-state index contributed by atoms with van der Waals surface area (Å²) in [5.41, 5.74) is -0.412. The lowest BCUT2D eigenvalue weighted by molar-refractivity contribution is 0.00952. The van der Waals surface area contributed by atoms with Crippen LogP contribution in [0.2, 0.25) is 0 Å². The smallest absolute Gasteiger partial charge is 0.407 e. The van der Waals surface area contributed by atoms with E-state index in [9.17, 15) is 9.59 Å². The Morgan fingerprint density at radius 1 is 1.52 bits per heavy atom. The topological polar surface area (TPSA) is 70.7 Å². The van der Waals surface area contributed by atoms with E-state index >= 15 is 0 Å². The Labute approximate surface area is 140 Å². The van der Waals surface area contributed by atoms with Crippen molar-refractivity contribution in [1.82, 2.24) is 15.5 Å². The van der Waals surface area contributed by atoms with Crippen molar-refractivity contribution in [2.24, 2.45) is 0 Å². The Kier molecular flexibility index (Phi) is 4.75. The molecule has 2 aliphatic rings. The molecule has 1 atom stereocenters. The number of thiophene rings is 1. The third-order valence-electron chi connectivity index (χ3n) is 4.59. The number of alkyl carbamates (subject to hydrolysis) is 1. The quantitative estimate of drug-likeness (QED) is 0.887. The lowest BCUT2D eigenvalue weighted by Gasteiger charge is -2.37.